The second-order valence-electron chi connectivity index (χ2n) is 4.59. The van der Waals surface area contributed by atoms with Crippen molar-refractivity contribution in [3.05, 3.63) is 64.6 Å². The topological polar surface area (TPSA) is 32.7 Å². The average molecular weight is 329 g/mol. The van der Waals surface area contributed by atoms with E-state index >= 15 is 0 Å². The molecular weight excluding hydrogens is 316 g/mol. The Balaban J connectivity index is 1.97. The molecule has 2 aromatic rings. The minimum atomic E-state index is 0.0343. The van der Waals surface area contributed by atoms with Gasteiger partial charge >= 0.3 is 0 Å². The van der Waals surface area contributed by atoms with Crippen molar-refractivity contribution < 1.29 is 4.79 Å². The third-order valence-corrected chi connectivity index (χ3v) is 3.74. The first-order valence-corrected chi connectivity index (χ1v) is 7.25. The zero-order valence-corrected chi connectivity index (χ0v) is 12.4. The molecule has 0 aromatic heterocycles. The molecule has 0 bridgehead atoms. The van der Waals surface area contributed by atoms with Crippen LogP contribution in [0.2, 0.25) is 0 Å². The number of rotatable bonds is 2. The fourth-order valence-electron chi connectivity index (χ4n) is 2.17. The van der Waals surface area contributed by atoms with Crippen LogP contribution in [-0.2, 0) is 4.79 Å². The van der Waals surface area contributed by atoms with Gasteiger partial charge in [-0.15, -0.1) is 0 Å². The maximum Gasteiger partial charge on any atom is 0.247 e. The minimum absolute atomic E-state index is 0.0343. The molecule has 1 amide bonds. The Morgan fingerprint density at radius 2 is 1.65 bits per heavy atom. The van der Waals surface area contributed by atoms with Crippen LogP contribution in [0.4, 0.5) is 5.69 Å². The van der Waals surface area contributed by atoms with E-state index in [9.17, 15) is 4.79 Å². The maximum atomic E-state index is 12.1. The Kier molecular flexibility index (Phi) is 3.65. The fourth-order valence-corrected chi connectivity index (χ4v) is 2.44. The first-order chi connectivity index (χ1) is 9.74. The molecule has 3 nitrogen and oxygen atoms in total. The largest absolute Gasteiger partial charge is 0.273 e. The molecule has 0 atom stereocenters. The van der Waals surface area contributed by atoms with Gasteiger partial charge in [0, 0.05) is 17.3 Å². The Bertz CT molecular complexity index is 650. The van der Waals surface area contributed by atoms with Crippen molar-refractivity contribution in [2.45, 2.75) is 12.8 Å². The Hall–Kier alpha value is -1.94. The predicted molar refractivity (Wildman–Crippen MR) is 83.8 cm³/mol. The van der Waals surface area contributed by atoms with Gasteiger partial charge in [0.05, 0.1) is 11.4 Å². The fraction of sp³-hybridized carbons (Fsp3) is 0.125. The van der Waals surface area contributed by atoms with E-state index in [-0.39, 0.29) is 5.91 Å². The summed E-state index contributed by atoms with van der Waals surface area (Å²) < 4.78 is 0.984. The lowest BCUT2D eigenvalue weighted by atomic mass is 10.0. The summed E-state index contributed by atoms with van der Waals surface area (Å²) in [5.41, 5.74) is 2.82. The molecule has 2 aromatic carbocycles. The summed E-state index contributed by atoms with van der Waals surface area (Å²) in [4.78, 5) is 12.1. The van der Waals surface area contributed by atoms with Crippen molar-refractivity contribution in [2.75, 3.05) is 5.01 Å². The Morgan fingerprint density at radius 1 is 0.950 bits per heavy atom. The van der Waals surface area contributed by atoms with Crippen LogP contribution in [-0.4, -0.2) is 11.6 Å². The highest BCUT2D eigenvalue weighted by atomic mass is 79.9. The van der Waals surface area contributed by atoms with Crippen LogP contribution in [0.5, 0.6) is 0 Å². The van der Waals surface area contributed by atoms with E-state index in [1.807, 2.05) is 54.6 Å². The molecule has 0 saturated carbocycles. The van der Waals surface area contributed by atoms with Crippen molar-refractivity contribution in [2.24, 2.45) is 5.10 Å². The van der Waals surface area contributed by atoms with E-state index in [2.05, 4.69) is 21.0 Å². The minimum Gasteiger partial charge on any atom is -0.273 e. The van der Waals surface area contributed by atoms with Crippen LogP contribution in [0.1, 0.15) is 18.4 Å². The van der Waals surface area contributed by atoms with E-state index in [0.29, 0.717) is 12.8 Å². The highest BCUT2D eigenvalue weighted by Crippen LogP contribution is 2.23. The van der Waals surface area contributed by atoms with Gasteiger partial charge < -0.3 is 0 Å². The molecule has 0 aliphatic carbocycles. The molecule has 1 heterocycles. The average Bonchev–Trinajstić information content (AvgIpc) is 2.50. The summed E-state index contributed by atoms with van der Waals surface area (Å²) >= 11 is 3.39. The number of benzene rings is 2. The number of hydrazone groups is 1. The molecule has 0 N–H and O–H groups in total. The molecule has 0 saturated heterocycles. The summed E-state index contributed by atoms with van der Waals surface area (Å²) in [6, 6.07) is 17.6. The zero-order chi connectivity index (χ0) is 13.9. The van der Waals surface area contributed by atoms with E-state index in [4.69, 9.17) is 0 Å². The van der Waals surface area contributed by atoms with Crippen LogP contribution in [0, 0.1) is 0 Å². The number of carbonyl (C=O) groups excluding carboxylic acids is 1. The van der Waals surface area contributed by atoms with E-state index < -0.39 is 0 Å². The van der Waals surface area contributed by atoms with Gasteiger partial charge in [0.25, 0.3) is 0 Å². The monoisotopic (exact) mass is 328 g/mol. The summed E-state index contributed by atoms with van der Waals surface area (Å²) in [7, 11) is 0. The first-order valence-electron chi connectivity index (χ1n) is 6.45. The van der Waals surface area contributed by atoms with Crippen LogP contribution >= 0.6 is 15.9 Å². The van der Waals surface area contributed by atoms with Crippen molar-refractivity contribution >= 4 is 33.2 Å². The molecule has 1 aliphatic rings. The molecule has 3 rings (SSSR count). The van der Waals surface area contributed by atoms with Gasteiger partial charge in [0.2, 0.25) is 5.91 Å². The highest BCUT2D eigenvalue weighted by Gasteiger charge is 2.22. The zero-order valence-electron chi connectivity index (χ0n) is 10.8. The van der Waals surface area contributed by atoms with Gasteiger partial charge in [0.1, 0.15) is 0 Å². The van der Waals surface area contributed by atoms with E-state index in [1.54, 1.807) is 0 Å². The molecule has 0 radical (unpaired) electrons. The lowest BCUT2D eigenvalue weighted by Gasteiger charge is -2.23. The lowest BCUT2D eigenvalue weighted by Crippen LogP contribution is -2.31. The summed E-state index contributed by atoms with van der Waals surface area (Å²) in [5, 5.41) is 6.02. The second kappa shape index (κ2) is 5.59. The van der Waals surface area contributed by atoms with Crippen molar-refractivity contribution in [3.8, 4) is 0 Å². The van der Waals surface area contributed by atoms with Crippen molar-refractivity contribution in [1.29, 1.82) is 0 Å². The number of carbonyl (C=O) groups is 1. The standard InChI is InChI=1S/C16H13BrN2O/c17-13-6-8-14(9-7-13)19-16(20)11-10-15(18-19)12-4-2-1-3-5-12/h1-9H,10-11H2. The number of amides is 1. The number of hydrogen-bond donors (Lipinski definition) is 0. The van der Waals surface area contributed by atoms with Crippen molar-refractivity contribution in [3.63, 3.8) is 0 Å². The molecule has 0 unspecified atom stereocenters. The van der Waals surface area contributed by atoms with Gasteiger partial charge in [-0.25, -0.2) is 5.01 Å². The molecule has 100 valence electrons. The second-order valence-corrected chi connectivity index (χ2v) is 5.51. The quantitative estimate of drug-likeness (QED) is 0.820. The van der Waals surface area contributed by atoms with Crippen LogP contribution in [0.15, 0.2) is 64.2 Å². The number of halogens is 1. The Labute approximate surface area is 126 Å². The van der Waals surface area contributed by atoms with Crippen molar-refractivity contribution in [1.82, 2.24) is 0 Å². The molecule has 20 heavy (non-hydrogen) atoms. The normalized spacial score (nSPS) is 15.2. The highest BCUT2D eigenvalue weighted by molar-refractivity contribution is 9.10. The molecule has 1 aliphatic heterocycles. The van der Waals surface area contributed by atoms with Gasteiger partial charge in [-0.05, 0) is 29.8 Å². The Morgan fingerprint density at radius 3 is 2.35 bits per heavy atom. The van der Waals surface area contributed by atoms with Crippen LogP contribution in [0.25, 0.3) is 0 Å². The van der Waals surface area contributed by atoms with Gasteiger partial charge in [0.15, 0.2) is 0 Å². The summed E-state index contributed by atoms with van der Waals surface area (Å²) in [5.74, 6) is 0.0343. The first kappa shape index (κ1) is 13.1. The molecule has 0 spiro atoms. The molecular formula is C16H13BrN2O. The summed E-state index contributed by atoms with van der Waals surface area (Å²) in [6.07, 6.45) is 1.18. The maximum absolute atomic E-state index is 12.1. The van der Waals surface area contributed by atoms with E-state index in [1.165, 1.54) is 5.01 Å². The third-order valence-electron chi connectivity index (χ3n) is 3.21. The van der Waals surface area contributed by atoms with Gasteiger partial charge in [-0.1, -0.05) is 46.3 Å². The lowest BCUT2D eigenvalue weighted by molar-refractivity contribution is -0.118. The third kappa shape index (κ3) is 2.65. The van der Waals surface area contributed by atoms with Crippen LogP contribution in [0.3, 0.4) is 0 Å². The van der Waals surface area contributed by atoms with Crippen LogP contribution < -0.4 is 5.01 Å². The molecule has 0 fully saturated rings. The van der Waals surface area contributed by atoms with E-state index in [0.717, 1.165) is 21.4 Å². The number of hydrogen-bond acceptors (Lipinski definition) is 2. The number of anilines is 1. The summed E-state index contributed by atoms with van der Waals surface area (Å²) in [6.45, 7) is 0. The molecule has 4 heteroatoms. The van der Waals surface area contributed by atoms with Gasteiger partial charge in [-0.3, -0.25) is 4.79 Å². The SMILES string of the molecule is O=C1CCC(c2ccccc2)=NN1c1ccc(Br)cc1. The predicted octanol–water partition coefficient (Wildman–Crippen LogP) is 3.98. The van der Waals surface area contributed by atoms with Gasteiger partial charge in [-0.2, -0.15) is 5.10 Å². The smallest absolute Gasteiger partial charge is 0.247 e. The number of nitrogens with zero attached hydrogens (tertiary/aromatic N) is 2.